The molecule has 0 radical (unpaired) electrons. The van der Waals surface area contributed by atoms with Crippen LogP contribution in [0, 0.1) is 5.92 Å². The molecule has 0 amide bonds. The molecule has 19 heavy (non-hydrogen) atoms. The maximum absolute atomic E-state index is 5.89. The van der Waals surface area contributed by atoms with Gasteiger partial charge in [-0.15, -0.1) is 11.3 Å². The number of thiophene rings is 1. The van der Waals surface area contributed by atoms with Crippen molar-refractivity contribution in [3.05, 3.63) is 57.2 Å². The topological polar surface area (TPSA) is 12.0 Å². The molecule has 1 unspecified atom stereocenters. The molecule has 0 aliphatic rings. The van der Waals surface area contributed by atoms with Gasteiger partial charge in [-0.3, -0.25) is 0 Å². The van der Waals surface area contributed by atoms with Crippen molar-refractivity contribution in [3.63, 3.8) is 0 Å². The molecule has 0 aliphatic heterocycles. The van der Waals surface area contributed by atoms with Crippen molar-refractivity contribution >= 4 is 22.9 Å². The molecule has 0 saturated carbocycles. The largest absolute Gasteiger partial charge is 0.309 e. The summed E-state index contributed by atoms with van der Waals surface area (Å²) in [6.45, 7) is 5.52. The second-order valence-electron chi connectivity index (χ2n) is 5.07. The lowest BCUT2D eigenvalue weighted by Gasteiger charge is -2.21. The van der Waals surface area contributed by atoms with E-state index in [0.29, 0.717) is 12.0 Å². The molecule has 2 aromatic rings. The fourth-order valence-electron chi connectivity index (χ4n) is 2.16. The van der Waals surface area contributed by atoms with E-state index in [1.165, 1.54) is 10.4 Å². The first-order chi connectivity index (χ1) is 9.16. The summed E-state index contributed by atoms with van der Waals surface area (Å²) in [4.78, 5) is 1.42. The molecule has 102 valence electrons. The van der Waals surface area contributed by atoms with Gasteiger partial charge < -0.3 is 5.32 Å². The quantitative estimate of drug-likeness (QED) is 0.796. The molecule has 1 N–H and O–H groups in total. The highest BCUT2D eigenvalue weighted by Crippen LogP contribution is 2.25. The monoisotopic (exact) mass is 293 g/mol. The van der Waals surface area contributed by atoms with Gasteiger partial charge in [-0.2, -0.15) is 0 Å². The zero-order valence-electron chi connectivity index (χ0n) is 11.4. The number of hydrogen-bond acceptors (Lipinski definition) is 2. The number of nitrogens with one attached hydrogen (secondary N) is 1. The minimum Gasteiger partial charge on any atom is -0.309 e. The minimum absolute atomic E-state index is 0.451. The van der Waals surface area contributed by atoms with E-state index >= 15 is 0 Å². The van der Waals surface area contributed by atoms with Gasteiger partial charge in [0.25, 0.3) is 0 Å². The third-order valence-corrected chi connectivity index (χ3v) is 4.41. The second kappa shape index (κ2) is 7.09. The highest BCUT2D eigenvalue weighted by Gasteiger charge is 2.15. The Morgan fingerprint density at radius 2 is 1.89 bits per heavy atom. The van der Waals surface area contributed by atoms with Crippen LogP contribution in [-0.4, -0.2) is 6.54 Å². The van der Waals surface area contributed by atoms with Gasteiger partial charge in [0, 0.05) is 15.9 Å². The molecular weight excluding hydrogens is 274 g/mol. The molecule has 2 rings (SSSR count). The summed E-state index contributed by atoms with van der Waals surface area (Å²) in [6, 6.07) is 12.9. The van der Waals surface area contributed by atoms with Crippen LogP contribution in [0.25, 0.3) is 0 Å². The van der Waals surface area contributed by atoms with E-state index in [1.807, 2.05) is 23.5 Å². The normalized spacial score (nSPS) is 12.8. The Hall–Kier alpha value is -0.830. The highest BCUT2D eigenvalue weighted by molar-refractivity contribution is 7.10. The predicted octanol–water partition coefficient (Wildman–Crippen LogP) is 4.93. The van der Waals surface area contributed by atoms with Crippen LogP contribution < -0.4 is 5.32 Å². The van der Waals surface area contributed by atoms with E-state index in [9.17, 15) is 0 Å². The van der Waals surface area contributed by atoms with Gasteiger partial charge >= 0.3 is 0 Å². The van der Waals surface area contributed by atoms with Crippen molar-refractivity contribution in [1.29, 1.82) is 0 Å². The van der Waals surface area contributed by atoms with Crippen molar-refractivity contribution < 1.29 is 0 Å². The number of benzene rings is 1. The Morgan fingerprint density at radius 1 is 1.16 bits per heavy atom. The van der Waals surface area contributed by atoms with Gasteiger partial charge in [0.05, 0.1) is 0 Å². The van der Waals surface area contributed by atoms with Crippen LogP contribution in [0.2, 0.25) is 5.02 Å². The summed E-state index contributed by atoms with van der Waals surface area (Å²) in [6.07, 6.45) is 1.03. The Morgan fingerprint density at radius 3 is 2.47 bits per heavy atom. The molecule has 1 nitrogen and oxygen atoms in total. The van der Waals surface area contributed by atoms with Crippen molar-refractivity contribution in [2.24, 2.45) is 5.92 Å². The van der Waals surface area contributed by atoms with E-state index in [1.54, 1.807) is 0 Å². The van der Waals surface area contributed by atoms with E-state index in [2.05, 4.69) is 48.8 Å². The van der Waals surface area contributed by atoms with Gasteiger partial charge in [-0.05, 0) is 48.0 Å². The lowest BCUT2D eigenvalue weighted by atomic mass is 10.0. The van der Waals surface area contributed by atoms with Gasteiger partial charge in [0.2, 0.25) is 0 Å². The van der Waals surface area contributed by atoms with Gasteiger partial charge in [0.15, 0.2) is 0 Å². The zero-order chi connectivity index (χ0) is 13.7. The molecule has 0 saturated heterocycles. The third-order valence-electron chi connectivity index (χ3n) is 3.21. The van der Waals surface area contributed by atoms with Crippen LogP contribution >= 0.6 is 22.9 Å². The second-order valence-corrected chi connectivity index (χ2v) is 6.48. The Balaban J connectivity index is 1.88. The highest BCUT2D eigenvalue weighted by atomic mass is 35.5. The Kier molecular flexibility index (Phi) is 5.44. The van der Waals surface area contributed by atoms with E-state index in [0.717, 1.165) is 18.0 Å². The van der Waals surface area contributed by atoms with Gasteiger partial charge in [-0.25, -0.2) is 0 Å². The molecule has 1 atom stereocenters. The maximum atomic E-state index is 5.89. The van der Waals surface area contributed by atoms with Gasteiger partial charge in [0.1, 0.15) is 0 Å². The first-order valence-electron chi connectivity index (χ1n) is 6.68. The number of halogens is 1. The van der Waals surface area contributed by atoms with Crippen molar-refractivity contribution in [1.82, 2.24) is 5.32 Å². The van der Waals surface area contributed by atoms with Crippen LogP contribution in [0.5, 0.6) is 0 Å². The number of hydrogen-bond donors (Lipinski definition) is 1. The molecule has 0 bridgehead atoms. The van der Waals surface area contributed by atoms with Crippen LogP contribution in [0.4, 0.5) is 0 Å². The van der Waals surface area contributed by atoms with Crippen LogP contribution in [0.3, 0.4) is 0 Å². The van der Waals surface area contributed by atoms with E-state index in [-0.39, 0.29) is 0 Å². The molecular formula is C16H20ClNS. The SMILES string of the molecule is CC(C)C(NCCc1ccc(Cl)cc1)c1cccs1. The minimum atomic E-state index is 0.451. The lowest BCUT2D eigenvalue weighted by molar-refractivity contribution is 0.420. The standard InChI is InChI=1S/C16H20ClNS/c1-12(2)16(15-4-3-11-19-15)18-10-9-13-5-7-14(17)8-6-13/h3-8,11-12,16,18H,9-10H2,1-2H3. The van der Waals surface area contributed by atoms with Crippen molar-refractivity contribution in [2.75, 3.05) is 6.54 Å². The molecule has 3 heteroatoms. The van der Waals surface area contributed by atoms with Crippen LogP contribution in [-0.2, 0) is 6.42 Å². The molecule has 0 aliphatic carbocycles. The predicted molar refractivity (Wildman–Crippen MR) is 85.1 cm³/mol. The molecule has 1 heterocycles. The molecule has 0 fully saturated rings. The molecule has 0 spiro atoms. The fraction of sp³-hybridized carbons (Fsp3) is 0.375. The summed E-state index contributed by atoms with van der Waals surface area (Å²) in [5.41, 5.74) is 1.32. The first-order valence-corrected chi connectivity index (χ1v) is 7.94. The van der Waals surface area contributed by atoms with Crippen LogP contribution in [0.1, 0.15) is 30.3 Å². The first kappa shape index (κ1) is 14.6. The summed E-state index contributed by atoms with van der Waals surface area (Å²) in [7, 11) is 0. The third kappa shape index (κ3) is 4.34. The van der Waals surface area contributed by atoms with Gasteiger partial charge in [-0.1, -0.05) is 43.6 Å². The summed E-state index contributed by atoms with van der Waals surface area (Å²) < 4.78 is 0. The molecule has 1 aromatic carbocycles. The maximum Gasteiger partial charge on any atom is 0.0438 e. The average molecular weight is 294 g/mol. The van der Waals surface area contributed by atoms with Crippen LogP contribution in [0.15, 0.2) is 41.8 Å². The fourth-order valence-corrected chi connectivity index (χ4v) is 3.26. The lowest BCUT2D eigenvalue weighted by Crippen LogP contribution is -2.27. The van der Waals surface area contributed by atoms with E-state index in [4.69, 9.17) is 11.6 Å². The zero-order valence-corrected chi connectivity index (χ0v) is 13.0. The average Bonchev–Trinajstić information content (AvgIpc) is 2.90. The Bertz CT molecular complexity index is 476. The number of rotatable bonds is 6. The van der Waals surface area contributed by atoms with Crippen molar-refractivity contribution in [2.45, 2.75) is 26.3 Å². The summed E-state index contributed by atoms with van der Waals surface area (Å²) >= 11 is 7.72. The smallest absolute Gasteiger partial charge is 0.0438 e. The Labute approximate surface area is 124 Å². The van der Waals surface area contributed by atoms with Crippen molar-refractivity contribution in [3.8, 4) is 0 Å². The summed E-state index contributed by atoms with van der Waals surface area (Å²) in [5, 5.41) is 6.61. The van der Waals surface area contributed by atoms with E-state index < -0.39 is 0 Å². The summed E-state index contributed by atoms with van der Waals surface area (Å²) in [5.74, 6) is 0.601. The molecule has 1 aromatic heterocycles.